The third-order valence-corrected chi connectivity index (χ3v) is 2.89. The first-order valence-electron chi connectivity index (χ1n) is 4.40. The largest absolute Gasteiger partial charge is 0.468 e. The van der Waals surface area contributed by atoms with E-state index in [1.54, 1.807) is 6.26 Å². The molecule has 0 bridgehead atoms. The Labute approximate surface area is 72.7 Å². The molecule has 0 radical (unpaired) electrons. The fourth-order valence-electron chi connectivity index (χ4n) is 1.80. The molecule has 0 amide bonds. The third kappa shape index (κ3) is 1.16. The molecule has 1 saturated carbocycles. The smallest absolute Gasteiger partial charge is 0.120 e. The van der Waals surface area contributed by atoms with Crippen molar-refractivity contribution in [1.29, 1.82) is 0 Å². The maximum atomic E-state index is 6.03. The zero-order chi connectivity index (χ0) is 8.77. The maximum Gasteiger partial charge on any atom is 0.120 e. The summed E-state index contributed by atoms with van der Waals surface area (Å²) in [6.07, 6.45) is 2.90. The topological polar surface area (TPSA) is 39.2 Å². The number of furan rings is 1. The van der Waals surface area contributed by atoms with E-state index in [2.05, 4.69) is 13.8 Å². The van der Waals surface area contributed by atoms with E-state index in [1.807, 2.05) is 12.1 Å². The minimum absolute atomic E-state index is 0.0926. The Hall–Kier alpha value is -0.760. The van der Waals surface area contributed by atoms with Crippen LogP contribution >= 0.6 is 0 Å². The lowest BCUT2D eigenvalue weighted by molar-refractivity contribution is 0.405. The summed E-state index contributed by atoms with van der Waals surface area (Å²) >= 11 is 0. The van der Waals surface area contributed by atoms with Gasteiger partial charge in [-0.05, 0) is 29.9 Å². The molecule has 66 valence electrons. The van der Waals surface area contributed by atoms with Crippen LogP contribution in [0.25, 0.3) is 0 Å². The molecule has 12 heavy (non-hydrogen) atoms. The molecule has 0 spiro atoms. The molecule has 2 N–H and O–H groups in total. The average molecular weight is 165 g/mol. The molecular formula is C10H15NO. The average Bonchev–Trinajstić information content (AvgIpc) is 2.56. The van der Waals surface area contributed by atoms with Gasteiger partial charge in [0.2, 0.25) is 0 Å². The van der Waals surface area contributed by atoms with Gasteiger partial charge < -0.3 is 10.2 Å². The van der Waals surface area contributed by atoms with E-state index in [4.69, 9.17) is 10.2 Å². The Balaban J connectivity index is 2.08. The van der Waals surface area contributed by atoms with E-state index < -0.39 is 0 Å². The van der Waals surface area contributed by atoms with Gasteiger partial charge in [-0.1, -0.05) is 13.8 Å². The summed E-state index contributed by atoms with van der Waals surface area (Å²) in [5.41, 5.74) is 6.45. The summed E-state index contributed by atoms with van der Waals surface area (Å²) in [5.74, 6) is 1.52. The van der Waals surface area contributed by atoms with Crippen molar-refractivity contribution in [2.24, 2.45) is 17.1 Å². The zero-order valence-electron chi connectivity index (χ0n) is 7.58. The lowest BCUT2D eigenvalue weighted by atomic mass is 10.0. The van der Waals surface area contributed by atoms with E-state index in [9.17, 15) is 0 Å². The van der Waals surface area contributed by atoms with E-state index in [1.165, 1.54) is 6.42 Å². The van der Waals surface area contributed by atoms with E-state index in [0.717, 1.165) is 5.76 Å². The molecule has 1 aliphatic carbocycles. The number of hydrogen-bond acceptors (Lipinski definition) is 2. The SMILES string of the molecule is CC1(C)CC1C(N)c1ccco1. The van der Waals surface area contributed by atoms with Gasteiger partial charge in [0.25, 0.3) is 0 Å². The molecule has 0 aromatic carbocycles. The summed E-state index contributed by atoms with van der Waals surface area (Å²) in [4.78, 5) is 0. The highest BCUT2D eigenvalue weighted by Gasteiger charge is 2.50. The molecule has 2 nitrogen and oxygen atoms in total. The third-order valence-electron chi connectivity index (χ3n) is 2.89. The van der Waals surface area contributed by atoms with Crippen molar-refractivity contribution in [3.05, 3.63) is 24.2 Å². The standard InChI is InChI=1S/C10H15NO/c1-10(2)6-7(10)9(11)8-4-3-5-12-8/h3-5,7,9H,6,11H2,1-2H3. The first-order chi connectivity index (χ1) is 5.61. The van der Waals surface area contributed by atoms with Crippen LogP contribution < -0.4 is 5.73 Å². The minimum atomic E-state index is 0.0926. The van der Waals surface area contributed by atoms with E-state index in [-0.39, 0.29) is 6.04 Å². The first-order valence-corrected chi connectivity index (χ1v) is 4.40. The molecule has 1 fully saturated rings. The second kappa shape index (κ2) is 2.36. The fraction of sp³-hybridized carbons (Fsp3) is 0.600. The number of hydrogen-bond donors (Lipinski definition) is 1. The molecule has 1 aromatic heterocycles. The van der Waals surface area contributed by atoms with Crippen molar-refractivity contribution in [3.63, 3.8) is 0 Å². The lowest BCUT2D eigenvalue weighted by Gasteiger charge is -2.09. The second-order valence-electron chi connectivity index (χ2n) is 4.34. The van der Waals surface area contributed by atoms with Gasteiger partial charge in [0.1, 0.15) is 5.76 Å². The predicted molar refractivity (Wildman–Crippen MR) is 47.5 cm³/mol. The maximum absolute atomic E-state index is 6.03. The molecule has 2 rings (SSSR count). The second-order valence-corrected chi connectivity index (χ2v) is 4.34. The summed E-state index contributed by atoms with van der Waals surface area (Å²) in [5, 5.41) is 0. The first kappa shape index (κ1) is 7.87. The van der Waals surface area contributed by atoms with Crippen LogP contribution in [0.2, 0.25) is 0 Å². The predicted octanol–water partition coefficient (Wildman–Crippen LogP) is 2.33. The van der Waals surface area contributed by atoms with Gasteiger partial charge in [0.05, 0.1) is 12.3 Å². The minimum Gasteiger partial charge on any atom is -0.468 e. The van der Waals surface area contributed by atoms with Crippen LogP contribution in [-0.4, -0.2) is 0 Å². The van der Waals surface area contributed by atoms with Gasteiger partial charge in [-0.3, -0.25) is 0 Å². The molecule has 2 atom stereocenters. The van der Waals surface area contributed by atoms with Gasteiger partial charge >= 0.3 is 0 Å². The van der Waals surface area contributed by atoms with Gasteiger partial charge in [-0.15, -0.1) is 0 Å². The van der Waals surface area contributed by atoms with Crippen LogP contribution in [0.15, 0.2) is 22.8 Å². The van der Waals surface area contributed by atoms with Crippen molar-refractivity contribution in [2.75, 3.05) is 0 Å². The molecular weight excluding hydrogens is 150 g/mol. The summed E-state index contributed by atoms with van der Waals surface area (Å²) in [6.45, 7) is 4.50. The molecule has 2 heteroatoms. The van der Waals surface area contributed by atoms with E-state index >= 15 is 0 Å². The Kier molecular flexibility index (Phi) is 1.55. The molecule has 0 aliphatic heterocycles. The van der Waals surface area contributed by atoms with Crippen LogP contribution in [0, 0.1) is 11.3 Å². The highest BCUT2D eigenvalue weighted by Crippen LogP contribution is 2.56. The lowest BCUT2D eigenvalue weighted by Crippen LogP contribution is -2.14. The Morgan fingerprint density at radius 3 is 2.75 bits per heavy atom. The van der Waals surface area contributed by atoms with Crippen molar-refractivity contribution in [3.8, 4) is 0 Å². The zero-order valence-corrected chi connectivity index (χ0v) is 7.58. The highest BCUT2D eigenvalue weighted by atomic mass is 16.3. The summed E-state index contributed by atoms with van der Waals surface area (Å²) < 4.78 is 5.26. The fourth-order valence-corrected chi connectivity index (χ4v) is 1.80. The molecule has 1 aliphatic rings. The van der Waals surface area contributed by atoms with Crippen molar-refractivity contribution < 1.29 is 4.42 Å². The van der Waals surface area contributed by atoms with Crippen molar-refractivity contribution in [1.82, 2.24) is 0 Å². The van der Waals surface area contributed by atoms with E-state index in [0.29, 0.717) is 11.3 Å². The van der Waals surface area contributed by atoms with Crippen LogP contribution in [0.5, 0.6) is 0 Å². The normalized spacial score (nSPS) is 28.4. The van der Waals surface area contributed by atoms with Gasteiger partial charge in [0.15, 0.2) is 0 Å². The quantitative estimate of drug-likeness (QED) is 0.730. The van der Waals surface area contributed by atoms with Crippen molar-refractivity contribution >= 4 is 0 Å². The number of rotatable bonds is 2. The Morgan fingerprint density at radius 1 is 1.67 bits per heavy atom. The Bertz CT molecular complexity index is 263. The summed E-state index contributed by atoms with van der Waals surface area (Å²) in [7, 11) is 0. The Morgan fingerprint density at radius 2 is 2.33 bits per heavy atom. The van der Waals surface area contributed by atoms with Crippen LogP contribution in [0.4, 0.5) is 0 Å². The van der Waals surface area contributed by atoms with Crippen molar-refractivity contribution in [2.45, 2.75) is 26.3 Å². The molecule has 2 unspecified atom stereocenters. The summed E-state index contributed by atoms with van der Waals surface area (Å²) in [6, 6.07) is 3.94. The molecule has 1 heterocycles. The van der Waals surface area contributed by atoms with Gasteiger partial charge in [-0.25, -0.2) is 0 Å². The highest BCUT2D eigenvalue weighted by molar-refractivity contribution is 5.12. The molecule has 1 aromatic rings. The van der Waals surface area contributed by atoms with Crippen LogP contribution in [0.3, 0.4) is 0 Å². The molecule has 0 saturated heterocycles. The van der Waals surface area contributed by atoms with Gasteiger partial charge in [-0.2, -0.15) is 0 Å². The van der Waals surface area contributed by atoms with Crippen LogP contribution in [-0.2, 0) is 0 Å². The van der Waals surface area contributed by atoms with Crippen LogP contribution in [0.1, 0.15) is 32.1 Å². The monoisotopic (exact) mass is 165 g/mol. The van der Waals surface area contributed by atoms with Gasteiger partial charge in [0, 0.05) is 0 Å². The number of nitrogens with two attached hydrogens (primary N) is 1.